The average Bonchev–Trinajstić information content (AvgIpc) is 2.50. The van der Waals surface area contributed by atoms with Crippen molar-refractivity contribution in [2.75, 3.05) is 26.2 Å². The van der Waals surface area contributed by atoms with Crippen LogP contribution in [0.4, 0.5) is 0 Å². The lowest BCUT2D eigenvalue weighted by Gasteiger charge is -2.32. The van der Waals surface area contributed by atoms with Crippen molar-refractivity contribution in [2.24, 2.45) is 0 Å². The highest BCUT2D eigenvalue weighted by Crippen LogP contribution is 2.11. The molecule has 0 aromatic carbocycles. The molecule has 0 aromatic rings. The Morgan fingerprint density at radius 2 is 1.14 bits per heavy atom. The van der Waals surface area contributed by atoms with Crippen LogP contribution in [0, 0.1) is 0 Å². The van der Waals surface area contributed by atoms with Crippen LogP contribution in [0.25, 0.3) is 0 Å². The van der Waals surface area contributed by atoms with Crippen molar-refractivity contribution in [2.45, 2.75) is 104 Å². The van der Waals surface area contributed by atoms with E-state index in [9.17, 15) is 0 Å². The molecule has 0 saturated carbocycles. The number of likely N-dealkylation sites (N-methyl/N-ethyl adjacent to an activating group) is 1. The van der Waals surface area contributed by atoms with Gasteiger partial charge in [-0.25, -0.2) is 0 Å². The van der Waals surface area contributed by atoms with Crippen LogP contribution in [0.5, 0.6) is 0 Å². The van der Waals surface area contributed by atoms with E-state index in [1.165, 1.54) is 70.8 Å². The van der Waals surface area contributed by atoms with Crippen molar-refractivity contribution >= 4 is 0 Å². The minimum atomic E-state index is 0.241. The number of unbranched alkanes of at least 4 members (excludes halogenated alkanes) is 9. The van der Waals surface area contributed by atoms with Crippen molar-refractivity contribution in [3.05, 3.63) is 0 Å². The van der Waals surface area contributed by atoms with Gasteiger partial charge >= 0.3 is 0 Å². The van der Waals surface area contributed by atoms with Crippen molar-refractivity contribution < 1.29 is 0 Å². The summed E-state index contributed by atoms with van der Waals surface area (Å²) in [5, 5.41) is 3.74. The lowest BCUT2D eigenvalue weighted by Crippen LogP contribution is -2.49. The smallest absolute Gasteiger partial charge is 0.0252 e. The minimum Gasteiger partial charge on any atom is -0.311 e. The molecule has 0 aliphatic heterocycles. The number of rotatable bonds is 16. The summed E-state index contributed by atoms with van der Waals surface area (Å²) in [6.07, 6.45) is 14.2. The largest absolute Gasteiger partial charge is 0.311 e. The highest BCUT2D eigenvalue weighted by Gasteiger charge is 2.18. The summed E-state index contributed by atoms with van der Waals surface area (Å²) in [7, 11) is 0. The molecule has 0 rings (SSSR count). The Morgan fingerprint density at radius 3 is 1.59 bits per heavy atom. The second-order valence-electron chi connectivity index (χ2n) is 7.45. The molecule has 0 aliphatic rings. The Balaban J connectivity index is 3.41. The van der Waals surface area contributed by atoms with Gasteiger partial charge in [0.05, 0.1) is 0 Å². The first-order valence-corrected chi connectivity index (χ1v) is 10.0. The van der Waals surface area contributed by atoms with Gasteiger partial charge in [-0.15, -0.1) is 0 Å². The minimum absolute atomic E-state index is 0.241. The van der Waals surface area contributed by atoms with E-state index in [0.717, 1.165) is 19.6 Å². The van der Waals surface area contributed by atoms with Crippen LogP contribution in [0.2, 0.25) is 0 Å². The molecule has 0 unspecified atom stereocenters. The van der Waals surface area contributed by atoms with Crippen LogP contribution in [0.15, 0.2) is 0 Å². The molecule has 0 atom stereocenters. The van der Waals surface area contributed by atoms with Crippen LogP contribution in [0.1, 0.15) is 98.8 Å². The maximum Gasteiger partial charge on any atom is 0.0252 e. The van der Waals surface area contributed by atoms with Crippen LogP contribution in [0.3, 0.4) is 0 Å². The topological polar surface area (TPSA) is 15.3 Å². The van der Waals surface area contributed by atoms with Gasteiger partial charge in [-0.05, 0) is 39.9 Å². The molecule has 0 saturated heterocycles. The van der Waals surface area contributed by atoms with Crippen molar-refractivity contribution in [1.29, 1.82) is 0 Å². The third-order valence-electron chi connectivity index (χ3n) is 4.65. The van der Waals surface area contributed by atoms with E-state index < -0.39 is 0 Å². The monoisotopic (exact) mass is 312 g/mol. The quantitative estimate of drug-likeness (QED) is 0.372. The molecule has 1 N–H and O–H groups in total. The fourth-order valence-corrected chi connectivity index (χ4v) is 3.10. The molecule has 0 amide bonds. The Kier molecular flexibility index (Phi) is 14.5. The predicted molar refractivity (Wildman–Crippen MR) is 102 cm³/mol. The summed E-state index contributed by atoms with van der Waals surface area (Å²) >= 11 is 0. The van der Waals surface area contributed by atoms with Gasteiger partial charge in [0, 0.05) is 12.1 Å². The molecule has 22 heavy (non-hydrogen) atoms. The summed E-state index contributed by atoms with van der Waals surface area (Å²) < 4.78 is 0. The summed E-state index contributed by atoms with van der Waals surface area (Å²) in [6.45, 7) is 16.1. The van der Waals surface area contributed by atoms with Crippen LogP contribution in [-0.4, -0.2) is 36.6 Å². The number of hydrogen-bond acceptors (Lipinski definition) is 2. The van der Waals surface area contributed by atoms with Crippen molar-refractivity contribution in [3.8, 4) is 0 Å². The molecular weight excluding hydrogens is 268 g/mol. The second-order valence-corrected chi connectivity index (χ2v) is 7.45. The SMILES string of the molecule is CCCCCCCCCCCCNC(C)(C)CN(CC)CC. The molecule has 2 heteroatoms. The number of nitrogens with one attached hydrogen (secondary N) is 1. The van der Waals surface area contributed by atoms with E-state index in [1.807, 2.05) is 0 Å². The molecule has 0 radical (unpaired) electrons. The highest BCUT2D eigenvalue weighted by molar-refractivity contribution is 4.81. The fourth-order valence-electron chi connectivity index (χ4n) is 3.10. The molecule has 2 nitrogen and oxygen atoms in total. The summed E-state index contributed by atoms with van der Waals surface area (Å²) in [4.78, 5) is 2.51. The maximum absolute atomic E-state index is 3.74. The molecular formula is C20H44N2. The average molecular weight is 313 g/mol. The van der Waals surface area contributed by atoms with Gasteiger partial charge in [-0.1, -0.05) is 78.6 Å². The molecule has 0 bridgehead atoms. The standard InChI is InChI=1S/C20H44N2/c1-6-9-10-11-12-13-14-15-16-17-18-21-20(4,5)19-22(7-2)8-3/h21H,6-19H2,1-5H3. The molecule has 134 valence electrons. The van der Waals surface area contributed by atoms with Gasteiger partial charge in [-0.3, -0.25) is 0 Å². The Bertz CT molecular complexity index is 222. The molecule has 0 spiro atoms. The zero-order chi connectivity index (χ0) is 16.7. The number of nitrogens with zero attached hydrogens (tertiary/aromatic N) is 1. The first-order valence-electron chi connectivity index (χ1n) is 10.0. The zero-order valence-corrected chi connectivity index (χ0v) is 16.3. The van der Waals surface area contributed by atoms with E-state index in [4.69, 9.17) is 0 Å². The van der Waals surface area contributed by atoms with E-state index in [-0.39, 0.29) is 5.54 Å². The number of hydrogen-bond donors (Lipinski definition) is 1. The van der Waals surface area contributed by atoms with Crippen molar-refractivity contribution in [1.82, 2.24) is 10.2 Å². The normalized spacial score (nSPS) is 12.3. The third-order valence-corrected chi connectivity index (χ3v) is 4.65. The van der Waals surface area contributed by atoms with E-state index in [0.29, 0.717) is 0 Å². The molecule has 0 fully saturated rings. The van der Waals surface area contributed by atoms with Crippen LogP contribution in [-0.2, 0) is 0 Å². The van der Waals surface area contributed by atoms with Gasteiger partial charge < -0.3 is 10.2 Å². The van der Waals surface area contributed by atoms with Gasteiger partial charge in [0.2, 0.25) is 0 Å². The fraction of sp³-hybridized carbons (Fsp3) is 1.00. The van der Waals surface area contributed by atoms with Crippen LogP contribution < -0.4 is 5.32 Å². The van der Waals surface area contributed by atoms with Gasteiger partial charge in [0.1, 0.15) is 0 Å². The summed E-state index contributed by atoms with van der Waals surface area (Å²) in [6, 6.07) is 0. The summed E-state index contributed by atoms with van der Waals surface area (Å²) in [5.74, 6) is 0. The van der Waals surface area contributed by atoms with E-state index in [2.05, 4.69) is 44.8 Å². The highest BCUT2D eigenvalue weighted by atomic mass is 15.2. The zero-order valence-electron chi connectivity index (χ0n) is 16.3. The Labute approximate surface area is 141 Å². The molecule has 0 aromatic heterocycles. The van der Waals surface area contributed by atoms with Gasteiger partial charge in [0.15, 0.2) is 0 Å². The Morgan fingerprint density at radius 1 is 0.682 bits per heavy atom. The van der Waals surface area contributed by atoms with Gasteiger partial charge in [-0.2, -0.15) is 0 Å². The van der Waals surface area contributed by atoms with Crippen molar-refractivity contribution in [3.63, 3.8) is 0 Å². The summed E-state index contributed by atoms with van der Waals surface area (Å²) in [5.41, 5.74) is 0.241. The molecule has 0 aliphatic carbocycles. The van der Waals surface area contributed by atoms with E-state index >= 15 is 0 Å². The molecule has 0 heterocycles. The van der Waals surface area contributed by atoms with E-state index in [1.54, 1.807) is 0 Å². The lowest BCUT2D eigenvalue weighted by molar-refractivity contribution is 0.216. The maximum atomic E-state index is 3.74. The van der Waals surface area contributed by atoms with Gasteiger partial charge in [0.25, 0.3) is 0 Å². The third kappa shape index (κ3) is 13.6. The predicted octanol–water partition coefficient (Wildman–Crippen LogP) is 5.62. The van der Waals surface area contributed by atoms with Crippen LogP contribution >= 0.6 is 0 Å². The lowest BCUT2D eigenvalue weighted by atomic mass is 10.0. The first-order chi connectivity index (χ1) is 10.6. The Hall–Kier alpha value is -0.0800. The second kappa shape index (κ2) is 14.5. The first kappa shape index (κ1) is 21.9.